The third kappa shape index (κ3) is 3.40. The summed E-state index contributed by atoms with van der Waals surface area (Å²) < 4.78 is 47.0. The first-order valence-corrected chi connectivity index (χ1v) is 9.02. The van der Waals surface area contributed by atoms with Gasteiger partial charge >= 0.3 is 6.18 Å². The summed E-state index contributed by atoms with van der Waals surface area (Å²) in [7, 11) is 0. The lowest BCUT2D eigenvalue weighted by Gasteiger charge is -2.14. The molecule has 26 heavy (non-hydrogen) atoms. The van der Waals surface area contributed by atoms with E-state index >= 15 is 0 Å². The standard InChI is InChI=1S/C17H12BrClF3N3O/c18-16-24-23-15-5-10(12(7-25(15)16)9-1-2-9)8-26-11-3-4-14(19)13(6-11)17(20,21)22/h3-7,9H,1-2,8H2. The summed E-state index contributed by atoms with van der Waals surface area (Å²) in [6, 6.07) is 5.40. The number of halogens is 5. The number of ether oxygens (including phenoxy) is 1. The van der Waals surface area contributed by atoms with Crippen molar-refractivity contribution < 1.29 is 17.9 Å². The summed E-state index contributed by atoms with van der Waals surface area (Å²) >= 11 is 8.99. The zero-order valence-electron chi connectivity index (χ0n) is 13.2. The molecule has 2 heterocycles. The van der Waals surface area contributed by atoms with Gasteiger partial charge in [0.15, 0.2) is 5.65 Å². The Kier molecular flexibility index (Phi) is 4.35. The summed E-state index contributed by atoms with van der Waals surface area (Å²) in [5.74, 6) is 0.550. The fourth-order valence-corrected chi connectivity index (χ4v) is 3.41. The van der Waals surface area contributed by atoms with E-state index in [4.69, 9.17) is 16.3 Å². The van der Waals surface area contributed by atoms with Crippen LogP contribution in [0, 0.1) is 0 Å². The van der Waals surface area contributed by atoms with Crippen LogP contribution < -0.4 is 4.74 Å². The summed E-state index contributed by atoms with van der Waals surface area (Å²) in [6.07, 6.45) is -0.407. The van der Waals surface area contributed by atoms with Crippen molar-refractivity contribution >= 4 is 33.2 Å². The minimum absolute atomic E-state index is 0.117. The third-order valence-electron chi connectivity index (χ3n) is 4.28. The van der Waals surface area contributed by atoms with Gasteiger partial charge < -0.3 is 4.74 Å². The molecule has 4 rings (SSSR count). The van der Waals surface area contributed by atoms with Crippen LogP contribution in [0.25, 0.3) is 5.65 Å². The van der Waals surface area contributed by atoms with Gasteiger partial charge in [0.1, 0.15) is 12.4 Å². The number of hydrogen-bond acceptors (Lipinski definition) is 3. The third-order valence-corrected chi connectivity index (χ3v) is 5.15. The van der Waals surface area contributed by atoms with Crippen molar-refractivity contribution in [2.75, 3.05) is 0 Å². The molecule has 0 radical (unpaired) electrons. The number of hydrogen-bond donors (Lipinski definition) is 0. The first-order chi connectivity index (χ1) is 12.3. The van der Waals surface area contributed by atoms with E-state index in [-0.39, 0.29) is 17.4 Å². The smallest absolute Gasteiger partial charge is 0.417 e. The van der Waals surface area contributed by atoms with Gasteiger partial charge in [-0.3, -0.25) is 4.40 Å². The molecule has 1 fully saturated rings. The molecule has 0 atom stereocenters. The molecule has 9 heteroatoms. The van der Waals surface area contributed by atoms with Gasteiger partial charge in [-0.1, -0.05) is 11.6 Å². The van der Waals surface area contributed by atoms with Crippen molar-refractivity contribution in [2.24, 2.45) is 0 Å². The van der Waals surface area contributed by atoms with E-state index in [0.29, 0.717) is 16.3 Å². The van der Waals surface area contributed by atoms with Crippen molar-refractivity contribution in [1.29, 1.82) is 0 Å². The molecule has 0 spiro atoms. The van der Waals surface area contributed by atoms with Crippen LogP contribution in [0.3, 0.4) is 0 Å². The van der Waals surface area contributed by atoms with Crippen LogP contribution in [-0.4, -0.2) is 14.6 Å². The summed E-state index contributed by atoms with van der Waals surface area (Å²) in [5.41, 5.74) is 1.73. The number of rotatable bonds is 4. The van der Waals surface area contributed by atoms with Crippen LogP contribution in [0.1, 0.15) is 35.4 Å². The Labute approximate surface area is 160 Å². The molecule has 0 N–H and O–H groups in total. The van der Waals surface area contributed by atoms with E-state index in [2.05, 4.69) is 26.1 Å². The minimum Gasteiger partial charge on any atom is -0.489 e. The van der Waals surface area contributed by atoms with Crippen molar-refractivity contribution in [3.8, 4) is 5.75 Å². The van der Waals surface area contributed by atoms with Crippen LogP contribution in [-0.2, 0) is 12.8 Å². The molecule has 4 nitrogen and oxygen atoms in total. The zero-order valence-corrected chi connectivity index (χ0v) is 15.6. The van der Waals surface area contributed by atoms with E-state index in [1.165, 1.54) is 12.1 Å². The zero-order chi connectivity index (χ0) is 18.5. The molecule has 0 aliphatic heterocycles. The van der Waals surface area contributed by atoms with Gasteiger partial charge in [-0.15, -0.1) is 10.2 Å². The Morgan fingerprint density at radius 3 is 2.69 bits per heavy atom. The molecule has 2 aromatic heterocycles. The molecule has 1 aliphatic carbocycles. The van der Waals surface area contributed by atoms with Crippen LogP contribution >= 0.6 is 27.5 Å². The molecule has 1 saturated carbocycles. The number of nitrogens with zero attached hydrogens (tertiary/aromatic N) is 3. The lowest BCUT2D eigenvalue weighted by Crippen LogP contribution is -2.07. The number of aromatic nitrogens is 3. The first kappa shape index (κ1) is 17.6. The normalized spacial score (nSPS) is 14.8. The van der Waals surface area contributed by atoms with E-state index < -0.39 is 11.7 Å². The monoisotopic (exact) mass is 445 g/mol. The SMILES string of the molecule is FC(F)(F)c1cc(OCc2cc3nnc(Br)n3cc2C2CC2)ccc1Cl. The second-order valence-electron chi connectivity index (χ2n) is 6.15. The quantitative estimate of drug-likeness (QED) is 0.522. The van der Waals surface area contributed by atoms with Gasteiger partial charge in [-0.25, -0.2) is 0 Å². The average Bonchev–Trinajstić information content (AvgIpc) is 3.37. The van der Waals surface area contributed by atoms with Gasteiger partial charge in [0.05, 0.1) is 10.6 Å². The van der Waals surface area contributed by atoms with E-state index in [1.54, 1.807) is 0 Å². The highest BCUT2D eigenvalue weighted by atomic mass is 79.9. The largest absolute Gasteiger partial charge is 0.489 e. The number of fused-ring (bicyclic) bond motifs is 1. The van der Waals surface area contributed by atoms with Gasteiger partial charge in [-0.2, -0.15) is 13.2 Å². The van der Waals surface area contributed by atoms with Crippen molar-refractivity contribution in [1.82, 2.24) is 14.6 Å². The van der Waals surface area contributed by atoms with Gasteiger partial charge in [0.2, 0.25) is 4.73 Å². The summed E-state index contributed by atoms with van der Waals surface area (Å²) in [5, 5.41) is 7.68. The molecular weight excluding hydrogens is 435 g/mol. The van der Waals surface area contributed by atoms with Crippen LogP contribution in [0.4, 0.5) is 13.2 Å². The van der Waals surface area contributed by atoms with Crippen molar-refractivity contribution in [3.63, 3.8) is 0 Å². The molecule has 0 bridgehead atoms. The van der Waals surface area contributed by atoms with Gasteiger partial charge in [-0.05, 0) is 70.1 Å². The number of alkyl halides is 3. The maximum atomic E-state index is 13.0. The molecule has 136 valence electrons. The first-order valence-electron chi connectivity index (χ1n) is 7.85. The Balaban J connectivity index is 1.63. The minimum atomic E-state index is -4.53. The highest BCUT2D eigenvalue weighted by molar-refractivity contribution is 9.10. The second-order valence-corrected chi connectivity index (χ2v) is 7.27. The lowest BCUT2D eigenvalue weighted by molar-refractivity contribution is -0.137. The predicted octanol–water partition coefficient (Wildman–Crippen LogP) is 5.62. The molecule has 3 aromatic rings. The van der Waals surface area contributed by atoms with Crippen LogP contribution in [0.5, 0.6) is 5.75 Å². The van der Waals surface area contributed by atoms with E-state index in [0.717, 1.165) is 30.0 Å². The highest BCUT2D eigenvalue weighted by Gasteiger charge is 2.33. The molecular formula is C17H12BrClF3N3O. The fraction of sp³-hybridized carbons (Fsp3) is 0.294. The molecule has 0 unspecified atom stereocenters. The highest BCUT2D eigenvalue weighted by Crippen LogP contribution is 2.42. The van der Waals surface area contributed by atoms with E-state index in [1.807, 2.05) is 16.7 Å². The number of benzene rings is 1. The van der Waals surface area contributed by atoms with Gasteiger partial charge in [0, 0.05) is 6.20 Å². The number of pyridine rings is 1. The molecule has 0 amide bonds. The van der Waals surface area contributed by atoms with Crippen LogP contribution in [0.2, 0.25) is 5.02 Å². The van der Waals surface area contributed by atoms with E-state index in [9.17, 15) is 13.2 Å². The summed E-state index contributed by atoms with van der Waals surface area (Å²) in [4.78, 5) is 0. The lowest BCUT2D eigenvalue weighted by atomic mass is 10.1. The topological polar surface area (TPSA) is 39.4 Å². The Bertz CT molecular complexity index is 985. The predicted molar refractivity (Wildman–Crippen MR) is 93.4 cm³/mol. The Morgan fingerprint density at radius 2 is 2.00 bits per heavy atom. The van der Waals surface area contributed by atoms with Crippen LogP contribution in [0.15, 0.2) is 35.2 Å². The Hall–Kier alpha value is -1.80. The van der Waals surface area contributed by atoms with Crippen molar-refractivity contribution in [3.05, 3.63) is 56.9 Å². The molecule has 1 aliphatic rings. The maximum absolute atomic E-state index is 13.0. The van der Waals surface area contributed by atoms with Crippen molar-refractivity contribution in [2.45, 2.75) is 31.5 Å². The average molecular weight is 447 g/mol. The second kappa shape index (κ2) is 6.42. The van der Waals surface area contributed by atoms with Gasteiger partial charge in [0.25, 0.3) is 0 Å². The maximum Gasteiger partial charge on any atom is 0.417 e. The summed E-state index contributed by atoms with van der Waals surface area (Å²) in [6.45, 7) is 0.145. The molecule has 0 saturated heterocycles. The molecule has 1 aromatic carbocycles. The Morgan fingerprint density at radius 1 is 1.23 bits per heavy atom. The fourth-order valence-electron chi connectivity index (χ4n) is 2.82.